The summed E-state index contributed by atoms with van der Waals surface area (Å²) in [5.74, 6) is 0.919. The number of pyridine rings is 1. The lowest BCUT2D eigenvalue weighted by molar-refractivity contribution is -0.137. The van der Waals surface area contributed by atoms with Crippen LogP contribution in [0, 0.1) is 0 Å². The van der Waals surface area contributed by atoms with Crippen LogP contribution in [0.2, 0.25) is 0 Å². The van der Waals surface area contributed by atoms with Crippen molar-refractivity contribution in [3.8, 4) is 0 Å². The molecule has 1 saturated carbocycles. The third kappa shape index (κ3) is 4.46. The Balaban J connectivity index is 1.31. The molecule has 1 aromatic carbocycles. The molecule has 1 aliphatic carbocycles. The van der Waals surface area contributed by atoms with Crippen LogP contribution in [0.3, 0.4) is 0 Å². The van der Waals surface area contributed by atoms with E-state index in [2.05, 4.69) is 22.4 Å². The van der Waals surface area contributed by atoms with E-state index >= 15 is 0 Å². The van der Waals surface area contributed by atoms with Crippen LogP contribution < -0.4 is 10.2 Å². The molecular weight excluding hydrogens is 367 g/mol. The summed E-state index contributed by atoms with van der Waals surface area (Å²) in [6.07, 6.45) is 0.278. The maximum atomic E-state index is 12.9. The van der Waals surface area contributed by atoms with Crippen molar-refractivity contribution in [1.29, 1.82) is 0 Å². The van der Waals surface area contributed by atoms with E-state index in [0.717, 1.165) is 17.7 Å². The van der Waals surface area contributed by atoms with Gasteiger partial charge >= 0.3 is 6.18 Å². The summed E-state index contributed by atoms with van der Waals surface area (Å²) in [6, 6.07) is 10.1. The van der Waals surface area contributed by atoms with E-state index in [0.29, 0.717) is 37.7 Å². The maximum Gasteiger partial charge on any atom is 0.416 e. The van der Waals surface area contributed by atoms with Crippen LogP contribution >= 0.6 is 0 Å². The Morgan fingerprint density at radius 1 is 1.14 bits per heavy atom. The van der Waals surface area contributed by atoms with E-state index in [4.69, 9.17) is 0 Å². The van der Waals surface area contributed by atoms with Gasteiger partial charge in [-0.1, -0.05) is 24.3 Å². The SMILES string of the molecule is O=C(Cc1ccc(C2CC2)cc1)NC1CCN(c2cc(C(F)(F)F)ccn2)C1. The second kappa shape index (κ2) is 7.45. The molecule has 4 rings (SSSR count). The first-order chi connectivity index (χ1) is 13.4. The summed E-state index contributed by atoms with van der Waals surface area (Å²) in [6.45, 7) is 1.02. The minimum absolute atomic E-state index is 0.0666. The Labute approximate surface area is 161 Å². The number of anilines is 1. The van der Waals surface area contributed by atoms with Gasteiger partial charge in [-0.25, -0.2) is 4.98 Å². The zero-order chi connectivity index (χ0) is 19.7. The predicted octanol–water partition coefficient (Wildman–Crippen LogP) is 3.92. The largest absolute Gasteiger partial charge is 0.416 e. The number of nitrogens with zero attached hydrogens (tertiary/aromatic N) is 2. The molecule has 1 aromatic heterocycles. The lowest BCUT2D eigenvalue weighted by Crippen LogP contribution is -2.38. The van der Waals surface area contributed by atoms with Crippen LogP contribution in [0.1, 0.15) is 41.9 Å². The molecule has 0 radical (unpaired) electrons. The van der Waals surface area contributed by atoms with Gasteiger partial charge < -0.3 is 10.2 Å². The number of benzene rings is 1. The van der Waals surface area contributed by atoms with E-state index in [1.165, 1.54) is 24.6 Å². The molecule has 28 heavy (non-hydrogen) atoms. The van der Waals surface area contributed by atoms with Gasteiger partial charge in [0.25, 0.3) is 0 Å². The van der Waals surface area contributed by atoms with Gasteiger partial charge in [0.05, 0.1) is 12.0 Å². The number of halogens is 3. The van der Waals surface area contributed by atoms with E-state index in [1.54, 1.807) is 4.90 Å². The van der Waals surface area contributed by atoms with Crippen molar-refractivity contribution in [2.45, 2.75) is 43.8 Å². The monoisotopic (exact) mass is 389 g/mol. The van der Waals surface area contributed by atoms with Crippen LogP contribution in [-0.4, -0.2) is 30.0 Å². The van der Waals surface area contributed by atoms with Crippen LogP contribution in [0.25, 0.3) is 0 Å². The summed E-state index contributed by atoms with van der Waals surface area (Å²) >= 11 is 0. The van der Waals surface area contributed by atoms with Gasteiger partial charge in [-0.3, -0.25) is 4.79 Å². The minimum atomic E-state index is -4.39. The molecule has 0 bridgehead atoms. The minimum Gasteiger partial charge on any atom is -0.354 e. The van der Waals surface area contributed by atoms with E-state index in [-0.39, 0.29) is 11.9 Å². The summed E-state index contributed by atoms with van der Waals surface area (Å²) in [5, 5.41) is 2.99. The summed E-state index contributed by atoms with van der Waals surface area (Å²) in [7, 11) is 0. The van der Waals surface area contributed by atoms with Gasteiger partial charge in [0.2, 0.25) is 5.91 Å². The van der Waals surface area contributed by atoms with Gasteiger partial charge in [0, 0.05) is 25.3 Å². The molecule has 1 amide bonds. The fourth-order valence-corrected chi connectivity index (χ4v) is 3.64. The summed E-state index contributed by atoms with van der Waals surface area (Å²) in [4.78, 5) is 18.2. The lowest BCUT2D eigenvalue weighted by Gasteiger charge is -2.19. The number of rotatable bonds is 5. The highest BCUT2D eigenvalue weighted by Gasteiger charge is 2.32. The highest BCUT2D eigenvalue weighted by atomic mass is 19.4. The van der Waals surface area contributed by atoms with Crippen LogP contribution in [0.5, 0.6) is 0 Å². The zero-order valence-electron chi connectivity index (χ0n) is 15.4. The van der Waals surface area contributed by atoms with Crippen LogP contribution in [-0.2, 0) is 17.4 Å². The number of hydrogen-bond donors (Lipinski definition) is 1. The number of hydrogen-bond acceptors (Lipinski definition) is 3. The maximum absolute atomic E-state index is 12.9. The second-order valence-corrected chi connectivity index (χ2v) is 7.59. The molecule has 2 aliphatic rings. The molecule has 2 fully saturated rings. The van der Waals surface area contributed by atoms with Crippen molar-refractivity contribution in [1.82, 2.24) is 10.3 Å². The molecule has 2 aromatic rings. The molecule has 1 N–H and O–H groups in total. The van der Waals surface area contributed by atoms with Gasteiger partial charge in [-0.05, 0) is 48.4 Å². The molecule has 1 atom stereocenters. The van der Waals surface area contributed by atoms with Crippen molar-refractivity contribution in [3.05, 3.63) is 59.3 Å². The normalized spacial score (nSPS) is 19.7. The number of aromatic nitrogens is 1. The average molecular weight is 389 g/mol. The fourth-order valence-electron chi connectivity index (χ4n) is 3.64. The molecule has 1 unspecified atom stereocenters. The number of carbonyl (C=O) groups is 1. The predicted molar refractivity (Wildman–Crippen MR) is 100 cm³/mol. The van der Waals surface area contributed by atoms with Gasteiger partial charge in [-0.15, -0.1) is 0 Å². The zero-order valence-corrected chi connectivity index (χ0v) is 15.4. The summed E-state index contributed by atoms with van der Waals surface area (Å²) < 4.78 is 38.6. The van der Waals surface area contributed by atoms with Crippen molar-refractivity contribution in [2.75, 3.05) is 18.0 Å². The van der Waals surface area contributed by atoms with Crippen molar-refractivity contribution in [2.24, 2.45) is 0 Å². The Morgan fingerprint density at radius 3 is 2.57 bits per heavy atom. The smallest absolute Gasteiger partial charge is 0.354 e. The quantitative estimate of drug-likeness (QED) is 0.843. The Hall–Kier alpha value is -2.57. The van der Waals surface area contributed by atoms with Crippen molar-refractivity contribution < 1.29 is 18.0 Å². The number of nitrogens with one attached hydrogen (secondary N) is 1. The highest BCUT2D eigenvalue weighted by Crippen LogP contribution is 2.39. The fraction of sp³-hybridized carbons (Fsp3) is 0.429. The van der Waals surface area contributed by atoms with Gasteiger partial charge in [-0.2, -0.15) is 13.2 Å². The first-order valence-corrected chi connectivity index (χ1v) is 9.55. The summed E-state index contributed by atoms with van der Waals surface area (Å²) in [5.41, 5.74) is 1.60. The molecule has 148 valence electrons. The average Bonchev–Trinajstić information content (AvgIpc) is 3.41. The van der Waals surface area contributed by atoms with Gasteiger partial charge in [0.15, 0.2) is 0 Å². The molecule has 1 saturated heterocycles. The van der Waals surface area contributed by atoms with Crippen LogP contribution in [0.4, 0.5) is 19.0 Å². The molecule has 4 nitrogen and oxygen atoms in total. The first-order valence-electron chi connectivity index (χ1n) is 9.55. The Bertz CT molecular complexity index is 847. The highest BCUT2D eigenvalue weighted by molar-refractivity contribution is 5.79. The first kappa shape index (κ1) is 18.8. The topological polar surface area (TPSA) is 45.2 Å². The van der Waals surface area contributed by atoms with Crippen molar-refractivity contribution in [3.63, 3.8) is 0 Å². The standard InChI is InChI=1S/C21H22F3N3O/c22-21(23,24)17-7-9-25-19(12-17)27-10-8-18(13-27)26-20(28)11-14-1-3-15(4-2-14)16-5-6-16/h1-4,7,9,12,16,18H,5-6,8,10-11,13H2,(H,26,28). The number of amides is 1. The van der Waals surface area contributed by atoms with Crippen LogP contribution in [0.15, 0.2) is 42.6 Å². The van der Waals surface area contributed by atoms with E-state index in [1.807, 2.05) is 12.1 Å². The third-order valence-corrected chi connectivity index (χ3v) is 5.34. The lowest BCUT2D eigenvalue weighted by atomic mass is 10.1. The van der Waals surface area contributed by atoms with E-state index < -0.39 is 11.7 Å². The number of carbonyl (C=O) groups excluding carboxylic acids is 1. The molecule has 0 spiro atoms. The molecule has 7 heteroatoms. The van der Waals surface area contributed by atoms with Gasteiger partial charge in [0.1, 0.15) is 5.82 Å². The Kier molecular flexibility index (Phi) is 5.00. The van der Waals surface area contributed by atoms with E-state index in [9.17, 15) is 18.0 Å². The number of alkyl halides is 3. The Morgan fingerprint density at radius 2 is 1.89 bits per heavy atom. The molecule has 2 heterocycles. The molecule has 1 aliphatic heterocycles. The third-order valence-electron chi connectivity index (χ3n) is 5.34. The van der Waals surface area contributed by atoms with Crippen molar-refractivity contribution >= 4 is 11.7 Å². The second-order valence-electron chi connectivity index (χ2n) is 7.59. The molecular formula is C21H22F3N3O.